The Balaban J connectivity index is 1.91. The van der Waals surface area contributed by atoms with Gasteiger partial charge in [0.25, 0.3) is 0 Å². The SMILES string of the molecule is CN(C)CCCNc1c2c(c(C#N)c3[nH]c4ccccc4[n+]13)CCCC2. The molecular weight excluding hydrogens is 322 g/mol. The van der Waals surface area contributed by atoms with Crippen LogP contribution in [0.1, 0.15) is 36.0 Å². The van der Waals surface area contributed by atoms with Crippen molar-refractivity contribution in [3.05, 3.63) is 41.0 Å². The van der Waals surface area contributed by atoms with Gasteiger partial charge in [-0.15, -0.1) is 0 Å². The van der Waals surface area contributed by atoms with E-state index in [1.807, 2.05) is 6.07 Å². The molecule has 0 saturated carbocycles. The smallest absolute Gasteiger partial charge is 0.250 e. The lowest BCUT2D eigenvalue weighted by Crippen LogP contribution is -2.32. The minimum absolute atomic E-state index is 0.815. The lowest BCUT2D eigenvalue weighted by atomic mass is 9.89. The van der Waals surface area contributed by atoms with Crippen molar-refractivity contribution in [2.45, 2.75) is 32.1 Å². The van der Waals surface area contributed by atoms with Crippen molar-refractivity contribution in [3.8, 4) is 6.07 Å². The molecule has 134 valence electrons. The van der Waals surface area contributed by atoms with Crippen LogP contribution in [0.2, 0.25) is 0 Å². The van der Waals surface area contributed by atoms with E-state index in [4.69, 9.17) is 0 Å². The second-order valence-electron chi connectivity index (χ2n) is 7.41. The molecule has 0 spiro atoms. The van der Waals surface area contributed by atoms with Gasteiger partial charge < -0.3 is 10.2 Å². The Morgan fingerprint density at radius 1 is 1.19 bits per heavy atom. The number of hydrogen-bond donors (Lipinski definition) is 2. The van der Waals surface area contributed by atoms with Crippen molar-refractivity contribution in [3.63, 3.8) is 0 Å². The Hall–Kier alpha value is -2.58. The van der Waals surface area contributed by atoms with E-state index in [-0.39, 0.29) is 0 Å². The standard InChI is InChI=1S/C21H25N5/c1-25(2)13-7-12-23-20-16-9-4-3-8-15(16)17(14-22)21-24-18-10-5-6-11-19(18)26(20)21/h5-6,10-11H,3-4,7-9,12-13H2,1-2H3,(H,23,24)/p+1. The Labute approximate surface area is 154 Å². The first-order valence-corrected chi connectivity index (χ1v) is 9.49. The van der Waals surface area contributed by atoms with Gasteiger partial charge in [0.1, 0.15) is 22.7 Å². The number of aromatic amines is 1. The highest BCUT2D eigenvalue weighted by molar-refractivity contribution is 5.78. The lowest BCUT2D eigenvalue weighted by molar-refractivity contribution is -0.465. The molecule has 2 heterocycles. The van der Waals surface area contributed by atoms with Gasteiger partial charge in [-0.25, -0.2) is 0 Å². The zero-order valence-electron chi connectivity index (χ0n) is 15.6. The summed E-state index contributed by atoms with van der Waals surface area (Å²) in [4.78, 5) is 5.70. The van der Waals surface area contributed by atoms with E-state index < -0.39 is 0 Å². The molecule has 1 aromatic carbocycles. The van der Waals surface area contributed by atoms with E-state index in [0.29, 0.717) is 0 Å². The first kappa shape index (κ1) is 16.9. The third-order valence-corrected chi connectivity index (χ3v) is 5.32. The molecule has 26 heavy (non-hydrogen) atoms. The van der Waals surface area contributed by atoms with E-state index in [0.717, 1.165) is 61.0 Å². The first-order valence-electron chi connectivity index (χ1n) is 9.49. The summed E-state index contributed by atoms with van der Waals surface area (Å²) in [5, 5.41) is 13.6. The molecule has 0 bridgehead atoms. The largest absolute Gasteiger partial charge is 0.309 e. The summed E-state index contributed by atoms with van der Waals surface area (Å²) in [5.74, 6) is 1.17. The topological polar surface area (TPSA) is 59.0 Å². The molecule has 0 unspecified atom stereocenters. The van der Waals surface area contributed by atoms with Gasteiger partial charge in [0.15, 0.2) is 0 Å². The number of fused-ring (bicyclic) bond motifs is 4. The summed E-state index contributed by atoms with van der Waals surface area (Å²) in [7, 11) is 4.21. The molecule has 2 aromatic heterocycles. The Bertz CT molecular complexity index is 993. The van der Waals surface area contributed by atoms with Crippen molar-refractivity contribution in [1.82, 2.24) is 9.88 Å². The maximum atomic E-state index is 9.87. The molecule has 1 aliphatic rings. The Kier molecular flexibility index (Phi) is 4.52. The second-order valence-corrected chi connectivity index (χ2v) is 7.41. The van der Waals surface area contributed by atoms with Crippen LogP contribution < -0.4 is 9.72 Å². The van der Waals surface area contributed by atoms with Crippen LogP contribution >= 0.6 is 0 Å². The van der Waals surface area contributed by atoms with E-state index in [1.165, 1.54) is 23.4 Å². The fourth-order valence-corrected chi connectivity index (χ4v) is 4.11. The number of para-hydroxylation sites is 2. The molecule has 5 nitrogen and oxygen atoms in total. The van der Waals surface area contributed by atoms with Gasteiger partial charge in [-0.1, -0.05) is 12.1 Å². The molecule has 3 aromatic rings. The number of aromatic nitrogens is 2. The average molecular weight is 348 g/mol. The molecule has 2 N–H and O–H groups in total. The minimum Gasteiger partial charge on any atom is -0.309 e. The van der Waals surface area contributed by atoms with Gasteiger partial charge in [0.2, 0.25) is 11.5 Å². The fraction of sp³-hybridized carbons (Fsp3) is 0.429. The van der Waals surface area contributed by atoms with Gasteiger partial charge >= 0.3 is 0 Å². The number of nitriles is 1. The molecule has 0 aliphatic heterocycles. The summed E-state index contributed by atoms with van der Waals surface area (Å²) < 4.78 is 2.23. The van der Waals surface area contributed by atoms with Crippen LogP contribution in [0.3, 0.4) is 0 Å². The van der Waals surface area contributed by atoms with Crippen molar-refractivity contribution in [2.24, 2.45) is 0 Å². The molecule has 1 aliphatic carbocycles. The molecule has 0 atom stereocenters. The maximum Gasteiger partial charge on any atom is 0.250 e. The zero-order valence-corrected chi connectivity index (χ0v) is 15.6. The summed E-state index contributed by atoms with van der Waals surface area (Å²) in [6, 6.07) is 10.8. The summed E-state index contributed by atoms with van der Waals surface area (Å²) in [5.41, 5.74) is 6.50. The Morgan fingerprint density at radius 2 is 1.96 bits per heavy atom. The highest BCUT2D eigenvalue weighted by Gasteiger charge is 2.28. The molecule has 0 fully saturated rings. The van der Waals surface area contributed by atoms with Crippen LogP contribution in [-0.4, -0.2) is 37.1 Å². The molecule has 0 radical (unpaired) electrons. The number of nitrogens with zero attached hydrogens (tertiary/aromatic N) is 3. The second kappa shape index (κ2) is 6.97. The molecular formula is C21H26N5+. The van der Waals surface area contributed by atoms with E-state index in [1.54, 1.807) is 0 Å². The molecule has 4 rings (SSSR count). The maximum absolute atomic E-state index is 9.87. The van der Waals surface area contributed by atoms with Crippen LogP contribution in [0.15, 0.2) is 24.3 Å². The van der Waals surface area contributed by atoms with Gasteiger partial charge in [-0.2, -0.15) is 9.66 Å². The van der Waals surface area contributed by atoms with Crippen LogP contribution in [0.25, 0.3) is 16.7 Å². The number of imidazole rings is 1. The minimum atomic E-state index is 0.815. The molecule has 0 saturated heterocycles. The van der Waals surface area contributed by atoms with Gasteiger partial charge in [-0.05, 0) is 63.9 Å². The number of benzene rings is 1. The van der Waals surface area contributed by atoms with Gasteiger partial charge in [-0.3, -0.25) is 4.98 Å². The number of rotatable bonds is 5. The van der Waals surface area contributed by atoms with E-state index in [9.17, 15) is 5.26 Å². The monoisotopic (exact) mass is 348 g/mol. The van der Waals surface area contributed by atoms with Crippen molar-refractivity contribution < 1.29 is 4.40 Å². The fourth-order valence-electron chi connectivity index (χ4n) is 4.11. The van der Waals surface area contributed by atoms with Crippen LogP contribution in [0.4, 0.5) is 5.82 Å². The lowest BCUT2D eigenvalue weighted by Gasteiger charge is -2.20. The third-order valence-electron chi connectivity index (χ3n) is 5.32. The predicted molar refractivity (Wildman–Crippen MR) is 104 cm³/mol. The summed E-state index contributed by atoms with van der Waals surface area (Å²) in [6.45, 7) is 1.99. The number of hydrogen-bond acceptors (Lipinski definition) is 3. The zero-order chi connectivity index (χ0) is 18.1. The van der Waals surface area contributed by atoms with Crippen LogP contribution in [-0.2, 0) is 12.8 Å². The summed E-state index contributed by atoms with van der Waals surface area (Å²) >= 11 is 0. The van der Waals surface area contributed by atoms with Crippen LogP contribution in [0, 0.1) is 11.3 Å². The van der Waals surface area contributed by atoms with Crippen molar-refractivity contribution in [1.29, 1.82) is 5.26 Å². The van der Waals surface area contributed by atoms with E-state index in [2.05, 4.69) is 58.0 Å². The normalized spacial score (nSPS) is 13.9. The molecule has 5 heteroatoms. The van der Waals surface area contributed by atoms with Gasteiger partial charge in [0.05, 0.1) is 6.54 Å². The Morgan fingerprint density at radius 3 is 2.73 bits per heavy atom. The number of nitrogens with one attached hydrogen (secondary N) is 2. The highest BCUT2D eigenvalue weighted by Crippen LogP contribution is 2.31. The van der Waals surface area contributed by atoms with Gasteiger partial charge in [0, 0.05) is 12.1 Å². The summed E-state index contributed by atoms with van der Waals surface area (Å²) in [6.07, 6.45) is 5.49. The van der Waals surface area contributed by atoms with Crippen molar-refractivity contribution >= 4 is 22.5 Å². The first-order chi connectivity index (χ1) is 12.7. The predicted octanol–water partition coefficient (Wildman–Crippen LogP) is 3.02. The van der Waals surface area contributed by atoms with E-state index >= 15 is 0 Å². The number of anilines is 1. The quantitative estimate of drug-likeness (QED) is 0.550. The number of pyridine rings is 1. The average Bonchev–Trinajstić information content (AvgIpc) is 3.03. The van der Waals surface area contributed by atoms with Crippen LogP contribution in [0.5, 0.6) is 0 Å². The van der Waals surface area contributed by atoms with Crippen molar-refractivity contribution in [2.75, 3.05) is 32.5 Å². The molecule has 0 amide bonds. The highest BCUT2D eigenvalue weighted by atomic mass is 15.1. The third kappa shape index (κ3) is 2.81. The number of H-pyrrole nitrogens is 1.